The normalized spacial score (nSPS) is 20.5. The van der Waals surface area contributed by atoms with Crippen LogP contribution in [0.4, 0.5) is 0 Å². The van der Waals surface area contributed by atoms with E-state index in [0.29, 0.717) is 0 Å². The van der Waals surface area contributed by atoms with Gasteiger partial charge < -0.3 is 14.8 Å². The van der Waals surface area contributed by atoms with Gasteiger partial charge in [-0.1, -0.05) is 25.1 Å². The van der Waals surface area contributed by atoms with Crippen molar-refractivity contribution in [2.45, 2.75) is 64.7 Å². The molecule has 3 nitrogen and oxygen atoms in total. The van der Waals surface area contributed by atoms with Gasteiger partial charge in [0.05, 0.1) is 18.2 Å². The van der Waals surface area contributed by atoms with Crippen LogP contribution in [0, 0.1) is 0 Å². The smallest absolute Gasteiger partial charge is 0.124 e. The van der Waals surface area contributed by atoms with Crippen LogP contribution in [-0.4, -0.2) is 25.4 Å². The summed E-state index contributed by atoms with van der Waals surface area (Å²) in [6, 6.07) is 8.59. The van der Waals surface area contributed by atoms with Crippen LogP contribution in [0.1, 0.15) is 58.1 Å². The second-order valence-electron chi connectivity index (χ2n) is 6.04. The number of hydrogen-bond donors (Lipinski definition) is 1. The average molecular weight is 291 g/mol. The molecule has 0 spiro atoms. The summed E-state index contributed by atoms with van der Waals surface area (Å²) in [4.78, 5) is 0. The molecule has 0 saturated carbocycles. The fourth-order valence-corrected chi connectivity index (χ4v) is 2.87. The van der Waals surface area contributed by atoms with E-state index in [1.807, 2.05) is 6.07 Å². The maximum absolute atomic E-state index is 6.03. The zero-order valence-electron chi connectivity index (χ0n) is 13.6. The van der Waals surface area contributed by atoms with Gasteiger partial charge in [0.15, 0.2) is 0 Å². The van der Waals surface area contributed by atoms with E-state index in [9.17, 15) is 0 Å². The number of hydrogen-bond acceptors (Lipinski definition) is 3. The van der Waals surface area contributed by atoms with E-state index >= 15 is 0 Å². The van der Waals surface area contributed by atoms with Gasteiger partial charge in [0, 0.05) is 12.2 Å². The molecule has 2 atom stereocenters. The lowest BCUT2D eigenvalue weighted by molar-refractivity contribution is -0.00885. The van der Waals surface area contributed by atoms with Crippen molar-refractivity contribution >= 4 is 0 Å². The molecule has 3 heteroatoms. The van der Waals surface area contributed by atoms with Crippen molar-refractivity contribution in [1.29, 1.82) is 0 Å². The first-order valence-corrected chi connectivity index (χ1v) is 8.33. The molecule has 118 valence electrons. The average Bonchev–Trinajstić information content (AvgIpc) is 2.50. The Kier molecular flexibility index (Phi) is 6.52. The molecule has 2 rings (SSSR count). The standard InChI is InChI=1S/C18H29NO2/c1-4-12-19-18(17-11-7-8-13-20-17)15-9-5-6-10-16(15)21-14(2)3/h5-6,9-10,14,17-19H,4,7-8,11-13H2,1-3H3. The molecule has 0 bridgehead atoms. The fraction of sp³-hybridized carbons (Fsp3) is 0.667. The van der Waals surface area contributed by atoms with Crippen molar-refractivity contribution in [2.24, 2.45) is 0 Å². The molecule has 1 aromatic carbocycles. The van der Waals surface area contributed by atoms with Crippen molar-refractivity contribution < 1.29 is 9.47 Å². The third-order valence-electron chi connectivity index (χ3n) is 3.82. The molecule has 1 fully saturated rings. The van der Waals surface area contributed by atoms with E-state index < -0.39 is 0 Å². The molecule has 1 aliphatic rings. The molecule has 1 aromatic rings. The summed E-state index contributed by atoms with van der Waals surface area (Å²) in [5, 5.41) is 3.66. The first kappa shape index (κ1) is 16.3. The van der Waals surface area contributed by atoms with Gasteiger partial charge in [0.2, 0.25) is 0 Å². The molecular weight excluding hydrogens is 262 g/mol. The van der Waals surface area contributed by atoms with Crippen LogP contribution in [0.3, 0.4) is 0 Å². The summed E-state index contributed by atoms with van der Waals surface area (Å²) in [6.07, 6.45) is 5.12. The molecule has 0 aliphatic carbocycles. The van der Waals surface area contributed by atoms with Crippen molar-refractivity contribution in [2.75, 3.05) is 13.2 Å². The highest BCUT2D eigenvalue weighted by Gasteiger charge is 2.27. The minimum absolute atomic E-state index is 0.185. The van der Waals surface area contributed by atoms with Crippen LogP contribution >= 0.6 is 0 Å². The number of nitrogens with one attached hydrogen (secondary N) is 1. The molecule has 1 aliphatic heterocycles. The number of para-hydroxylation sites is 1. The Labute approximate surface area is 129 Å². The van der Waals surface area contributed by atoms with Gasteiger partial charge >= 0.3 is 0 Å². The number of ether oxygens (including phenoxy) is 2. The Morgan fingerprint density at radius 1 is 1.29 bits per heavy atom. The molecule has 0 radical (unpaired) electrons. The molecule has 0 aromatic heterocycles. The highest BCUT2D eigenvalue weighted by Crippen LogP contribution is 2.32. The Hall–Kier alpha value is -1.06. The highest BCUT2D eigenvalue weighted by molar-refractivity contribution is 5.37. The largest absolute Gasteiger partial charge is 0.491 e. The monoisotopic (exact) mass is 291 g/mol. The Morgan fingerprint density at radius 3 is 2.76 bits per heavy atom. The summed E-state index contributed by atoms with van der Waals surface area (Å²) in [7, 11) is 0. The Morgan fingerprint density at radius 2 is 2.10 bits per heavy atom. The topological polar surface area (TPSA) is 30.5 Å². The summed E-state index contributed by atoms with van der Waals surface area (Å²) >= 11 is 0. The maximum Gasteiger partial charge on any atom is 0.124 e. The minimum Gasteiger partial charge on any atom is -0.491 e. The molecule has 1 N–H and O–H groups in total. The number of rotatable bonds is 7. The highest BCUT2D eigenvalue weighted by atomic mass is 16.5. The lowest BCUT2D eigenvalue weighted by Crippen LogP contribution is -2.36. The fourth-order valence-electron chi connectivity index (χ4n) is 2.87. The molecular formula is C18H29NO2. The molecule has 0 amide bonds. The first-order valence-electron chi connectivity index (χ1n) is 8.33. The van der Waals surface area contributed by atoms with E-state index in [-0.39, 0.29) is 18.2 Å². The van der Waals surface area contributed by atoms with Crippen molar-refractivity contribution in [3.63, 3.8) is 0 Å². The Balaban J connectivity index is 2.22. The molecule has 1 heterocycles. The van der Waals surface area contributed by atoms with E-state index in [4.69, 9.17) is 9.47 Å². The van der Waals surface area contributed by atoms with Gasteiger partial charge in [-0.05, 0) is 52.1 Å². The van der Waals surface area contributed by atoms with Crippen molar-refractivity contribution in [3.05, 3.63) is 29.8 Å². The SMILES string of the molecule is CCCNC(c1ccccc1OC(C)C)C1CCCCO1. The van der Waals surface area contributed by atoms with Gasteiger partial charge in [-0.15, -0.1) is 0 Å². The maximum atomic E-state index is 6.03. The summed E-state index contributed by atoms with van der Waals surface area (Å²) < 4.78 is 12.0. The molecule has 2 unspecified atom stereocenters. The quantitative estimate of drug-likeness (QED) is 0.821. The zero-order valence-corrected chi connectivity index (χ0v) is 13.6. The minimum atomic E-state index is 0.185. The second kappa shape index (κ2) is 8.40. The van der Waals surface area contributed by atoms with E-state index in [1.54, 1.807) is 0 Å². The molecule has 21 heavy (non-hydrogen) atoms. The van der Waals surface area contributed by atoms with Crippen molar-refractivity contribution in [3.8, 4) is 5.75 Å². The summed E-state index contributed by atoms with van der Waals surface area (Å²) in [6.45, 7) is 8.22. The summed E-state index contributed by atoms with van der Waals surface area (Å²) in [5.41, 5.74) is 1.23. The van der Waals surface area contributed by atoms with E-state index in [1.165, 1.54) is 18.4 Å². The van der Waals surface area contributed by atoms with Crippen molar-refractivity contribution in [1.82, 2.24) is 5.32 Å². The van der Waals surface area contributed by atoms with Crippen LogP contribution in [-0.2, 0) is 4.74 Å². The van der Waals surface area contributed by atoms with Gasteiger partial charge in [0.1, 0.15) is 5.75 Å². The lowest BCUT2D eigenvalue weighted by Gasteiger charge is -2.32. The lowest BCUT2D eigenvalue weighted by atomic mass is 9.94. The van der Waals surface area contributed by atoms with Crippen LogP contribution in [0.5, 0.6) is 5.75 Å². The summed E-state index contributed by atoms with van der Waals surface area (Å²) in [5.74, 6) is 0.982. The second-order valence-corrected chi connectivity index (χ2v) is 6.04. The van der Waals surface area contributed by atoms with Crippen LogP contribution in [0.15, 0.2) is 24.3 Å². The van der Waals surface area contributed by atoms with Crippen LogP contribution in [0.2, 0.25) is 0 Å². The predicted octanol–water partition coefficient (Wildman–Crippen LogP) is 4.08. The predicted molar refractivity (Wildman–Crippen MR) is 86.8 cm³/mol. The Bertz CT molecular complexity index is 413. The van der Waals surface area contributed by atoms with Gasteiger partial charge in [-0.2, -0.15) is 0 Å². The first-order chi connectivity index (χ1) is 10.2. The van der Waals surface area contributed by atoms with Crippen LogP contribution in [0.25, 0.3) is 0 Å². The van der Waals surface area contributed by atoms with E-state index in [2.05, 4.69) is 44.3 Å². The molecule has 1 saturated heterocycles. The number of benzene rings is 1. The third-order valence-corrected chi connectivity index (χ3v) is 3.82. The van der Waals surface area contributed by atoms with Gasteiger partial charge in [-0.25, -0.2) is 0 Å². The van der Waals surface area contributed by atoms with E-state index in [0.717, 1.165) is 31.7 Å². The van der Waals surface area contributed by atoms with Gasteiger partial charge in [0.25, 0.3) is 0 Å². The van der Waals surface area contributed by atoms with Crippen LogP contribution < -0.4 is 10.1 Å². The third kappa shape index (κ3) is 4.72. The van der Waals surface area contributed by atoms with Gasteiger partial charge in [-0.3, -0.25) is 0 Å². The zero-order chi connectivity index (χ0) is 15.1.